The summed E-state index contributed by atoms with van der Waals surface area (Å²) in [6.45, 7) is 0.248. The normalized spacial score (nSPS) is 11.5. The van der Waals surface area contributed by atoms with Gasteiger partial charge in [-0.2, -0.15) is 9.57 Å². The van der Waals surface area contributed by atoms with E-state index in [0.717, 1.165) is 9.35 Å². The first-order chi connectivity index (χ1) is 9.45. The van der Waals surface area contributed by atoms with Crippen LogP contribution < -0.4 is 0 Å². The fourth-order valence-corrected chi connectivity index (χ4v) is 4.41. The van der Waals surface area contributed by atoms with E-state index in [-0.39, 0.29) is 17.1 Å². The highest BCUT2D eigenvalue weighted by Gasteiger charge is 2.25. The average Bonchev–Trinajstić information content (AvgIpc) is 2.84. The largest absolute Gasteiger partial charge is 0.246 e. The van der Waals surface area contributed by atoms with Crippen LogP contribution in [0.1, 0.15) is 10.6 Å². The van der Waals surface area contributed by atoms with E-state index in [1.54, 1.807) is 6.07 Å². The van der Waals surface area contributed by atoms with Crippen LogP contribution in [0.4, 0.5) is 0 Å². The van der Waals surface area contributed by atoms with Crippen molar-refractivity contribution >= 4 is 37.3 Å². The number of hydrogen-bond donors (Lipinski definition) is 0. The molecule has 0 spiro atoms. The Hall–Kier alpha value is -1.27. The minimum atomic E-state index is -3.73. The Kier molecular flexibility index (Phi) is 4.55. The molecule has 20 heavy (non-hydrogen) atoms. The van der Waals surface area contributed by atoms with Gasteiger partial charge in [-0.25, -0.2) is 13.4 Å². The lowest BCUT2D eigenvalue weighted by Gasteiger charge is -2.16. The van der Waals surface area contributed by atoms with Gasteiger partial charge in [-0.15, -0.1) is 11.3 Å². The molecule has 2 aromatic heterocycles. The minimum absolute atomic E-state index is 0.0689. The molecule has 0 N–H and O–H groups in total. The third kappa shape index (κ3) is 3.07. The van der Waals surface area contributed by atoms with Crippen LogP contribution in [-0.2, 0) is 16.6 Å². The van der Waals surface area contributed by atoms with Gasteiger partial charge in [0, 0.05) is 34.5 Å². The quantitative estimate of drug-likeness (QED) is 0.827. The van der Waals surface area contributed by atoms with E-state index < -0.39 is 10.0 Å². The number of halogens is 1. The summed E-state index contributed by atoms with van der Waals surface area (Å²) in [6.07, 6.45) is 1.40. The van der Waals surface area contributed by atoms with Gasteiger partial charge in [0.15, 0.2) is 5.69 Å². The molecule has 0 saturated heterocycles. The molecule has 5 nitrogen and oxygen atoms in total. The zero-order valence-corrected chi connectivity index (χ0v) is 13.7. The van der Waals surface area contributed by atoms with Crippen LogP contribution in [0.2, 0.25) is 0 Å². The third-order valence-corrected chi connectivity index (χ3v) is 6.08. The SMILES string of the molecule is CN(Cc1cc(Br)cs1)S(=O)(=O)c1cccnc1C#N. The van der Waals surface area contributed by atoms with Crippen molar-refractivity contribution in [3.05, 3.63) is 44.8 Å². The van der Waals surface area contributed by atoms with Gasteiger partial charge in [0.25, 0.3) is 0 Å². The molecular formula is C12H10BrN3O2S2. The second-order valence-electron chi connectivity index (χ2n) is 3.95. The molecule has 0 aliphatic carbocycles. The lowest BCUT2D eigenvalue weighted by atomic mass is 10.4. The Morgan fingerprint density at radius 2 is 2.30 bits per heavy atom. The minimum Gasteiger partial charge on any atom is -0.244 e. The van der Waals surface area contributed by atoms with Crippen molar-refractivity contribution in [3.8, 4) is 6.07 Å². The van der Waals surface area contributed by atoms with Gasteiger partial charge in [0.2, 0.25) is 10.0 Å². The molecule has 0 radical (unpaired) electrons. The first-order valence-electron chi connectivity index (χ1n) is 5.49. The molecule has 0 amide bonds. The van der Waals surface area contributed by atoms with E-state index in [4.69, 9.17) is 5.26 Å². The maximum atomic E-state index is 12.5. The van der Waals surface area contributed by atoms with Crippen LogP contribution in [0.15, 0.2) is 39.1 Å². The molecule has 0 saturated carbocycles. The second kappa shape index (κ2) is 6.01. The van der Waals surface area contributed by atoms with Crippen LogP contribution in [0.3, 0.4) is 0 Å². The van der Waals surface area contributed by atoms with Crippen molar-refractivity contribution in [2.45, 2.75) is 11.4 Å². The number of hydrogen-bond acceptors (Lipinski definition) is 5. The maximum absolute atomic E-state index is 12.5. The molecule has 8 heteroatoms. The molecule has 0 unspecified atom stereocenters. The van der Waals surface area contributed by atoms with E-state index in [9.17, 15) is 8.42 Å². The smallest absolute Gasteiger partial charge is 0.244 e. The van der Waals surface area contributed by atoms with Crippen molar-refractivity contribution < 1.29 is 8.42 Å². The Morgan fingerprint density at radius 1 is 1.55 bits per heavy atom. The summed E-state index contributed by atoms with van der Waals surface area (Å²) in [5.74, 6) is 0. The number of nitriles is 1. The van der Waals surface area contributed by atoms with Crippen LogP contribution in [0, 0.1) is 11.3 Å². The van der Waals surface area contributed by atoms with Crippen LogP contribution in [0.5, 0.6) is 0 Å². The Bertz CT molecular complexity index is 765. The first kappa shape index (κ1) is 15.1. The van der Waals surface area contributed by atoms with Crippen LogP contribution in [0.25, 0.3) is 0 Å². The van der Waals surface area contributed by atoms with Gasteiger partial charge in [0.1, 0.15) is 11.0 Å². The highest BCUT2D eigenvalue weighted by Crippen LogP contribution is 2.24. The molecule has 0 aliphatic rings. The molecule has 2 rings (SSSR count). The van der Waals surface area contributed by atoms with Gasteiger partial charge < -0.3 is 0 Å². The van der Waals surface area contributed by atoms with E-state index in [2.05, 4.69) is 20.9 Å². The fourth-order valence-electron chi connectivity index (χ4n) is 1.59. The number of rotatable bonds is 4. The Morgan fingerprint density at radius 3 is 2.90 bits per heavy atom. The molecule has 0 fully saturated rings. The topological polar surface area (TPSA) is 74.1 Å². The number of aromatic nitrogens is 1. The van der Waals surface area contributed by atoms with E-state index >= 15 is 0 Å². The van der Waals surface area contributed by atoms with E-state index in [0.29, 0.717) is 0 Å². The van der Waals surface area contributed by atoms with Gasteiger partial charge in [0.05, 0.1) is 0 Å². The summed E-state index contributed by atoms with van der Waals surface area (Å²) >= 11 is 4.80. The number of sulfonamides is 1. The standard InChI is InChI=1S/C12H10BrN3O2S2/c1-16(7-10-5-9(13)8-19-10)20(17,18)12-3-2-4-15-11(12)6-14/h2-5,8H,7H2,1H3. The lowest BCUT2D eigenvalue weighted by Crippen LogP contribution is -2.27. The highest BCUT2D eigenvalue weighted by molar-refractivity contribution is 9.10. The van der Waals surface area contributed by atoms with E-state index in [1.807, 2.05) is 11.4 Å². The summed E-state index contributed by atoms with van der Waals surface area (Å²) in [5.41, 5.74) is -0.0910. The van der Waals surface area contributed by atoms with Crippen molar-refractivity contribution in [2.24, 2.45) is 0 Å². The molecular weight excluding hydrogens is 362 g/mol. The predicted octanol–water partition coefficient (Wildman–Crippen LogP) is 2.60. The van der Waals surface area contributed by atoms with Crippen LogP contribution in [-0.4, -0.2) is 24.8 Å². The number of pyridine rings is 1. The van der Waals surface area contributed by atoms with Crippen LogP contribution >= 0.6 is 27.3 Å². The van der Waals surface area contributed by atoms with Gasteiger partial charge in [-0.05, 0) is 34.1 Å². The molecule has 0 atom stereocenters. The fraction of sp³-hybridized carbons (Fsp3) is 0.167. The molecule has 104 valence electrons. The molecule has 0 bridgehead atoms. The third-order valence-electron chi connectivity index (χ3n) is 2.57. The average molecular weight is 372 g/mol. The van der Waals surface area contributed by atoms with Crippen molar-refractivity contribution in [3.63, 3.8) is 0 Å². The Balaban J connectivity index is 2.32. The van der Waals surface area contributed by atoms with Gasteiger partial charge in [-0.3, -0.25) is 0 Å². The maximum Gasteiger partial charge on any atom is 0.246 e. The summed E-state index contributed by atoms with van der Waals surface area (Å²) in [6, 6.07) is 6.56. The van der Waals surface area contributed by atoms with Crippen molar-refractivity contribution in [1.82, 2.24) is 9.29 Å². The molecule has 2 heterocycles. The summed E-state index contributed by atoms with van der Waals surface area (Å²) in [4.78, 5) is 4.62. The molecule has 0 aliphatic heterocycles. The first-order valence-corrected chi connectivity index (χ1v) is 8.61. The monoisotopic (exact) mass is 371 g/mol. The Labute approximate surface area is 129 Å². The molecule has 0 aromatic carbocycles. The summed E-state index contributed by atoms with van der Waals surface area (Å²) in [5, 5.41) is 10.8. The number of thiophene rings is 1. The lowest BCUT2D eigenvalue weighted by molar-refractivity contribution is 0.469. The van der Waals surface area contributed by atoms with Crippen molar-refractivity contribution in [1.29, 1.82) is 5.26 Å². The highest BCUT2D eigenvalue weighted by atomic mass is 79.9. The zero-order valence-electron chi connectivity index (χ0n) is 10.4. The van der Waals surface area contributed by atoms with Crippen molar-refractivity contribution in [2.75, 3.05) is 7.05 Å². The number of nitrogens with zero attached hydrogens (tertiary/aromatic N) is 3. The predicted molar refractivity (Wildman–Crippen MR) is 79.6 cm³/mol. The zero-order chi connectivity index (χ0) is 14.8. The molecule has 2 aromatic rings. The van der Waals surface area contributed by atoms with Gasteiger partial charge >= 0.3 is 0 Å². The summed E-state index contributed by atoms with van der Waals surface area (Å²) < 4.78 is 27.0. The second-order valence-corrected chi connectivity index (χ2v) is 7.88. The van der Waals surface area contributed by atoms with E-state index in [1.165, 1.54) is 41.0 Å². The summed E-state index contributed by atoms with van der Waals surface area (Å²) in [7, 11) is -2.25. The van der Waals surface area contributed by atoms with Gasteiger partial charge in [-0.1, -0.05) is 0 Å².